The van der Waals surface area contributed by atoms with Crippen molar-refractivity contribution in [3.63, 3.8) is 0 Å². The fourth-order valence-corrected chi connectivity index (χ4v) is 3.07. The van der Waals surface area contributed by atoms with Crippen LogP contribution in [-0.2, 0) is 16.4 Å². The standard InChI is InChI=1S/C9H11FINO3S/c1-2-16(14,15)8-5-7(11)6-12(4-3-10)9(8)13/h5-6H,2-4H2,1H3. The molecular weight excluding hydrogens is 348 g/mol. The number of pyridine rings is 1. The summed E-state index contributed by atoms with van der Waals surface area (Å²) in [5.74, 6) is -0.141. The van der Waals surface area contributed by atoms with Crippen molar-refractivity contribution < 1.29 is 12.8 Å². The van der Waals surface area contributed by atoms with Crippen molar-refractivity contribution in [3.05, 3.63) is 26.2 Å². The number of hydrogen-bond acceptors (Lipinski definition) is 3. The van der Waals surface area contributed by atoms with E-state index in [1.165, 1.54) is 19.2 Å². The molecule has 7 heteroatoms. The topological polar surface area (TPSA) is 56.1 Å². The molecule has 0 atom stereocenters. The summed E-state index contributed by atoms with van der Waals surface area (Å²) in [6.45, 7) is 0.641. The zero-order chi connectivity index (χ0) is 12.3. The third-order valence-electron chi connectivity index (χ3n) is 2.06. The van der Waals surface area contributed by atoms with Crippen molar-refractivity contribution in [3.8, 4) is 0 Å². The normalized spacial score (nSPS) is 11.7. The molecule has 1 aromatic rings. The molecule has 0 saturated carbocycles. The Balaban J connectivity index is 3.48. The molecule has 1 heterocycles. The zero-order valence-corrected chi connectivity index (χ0v) is 11.6. The van der Waals surface area contributed by atoms with Gasteiger partial charge in [0.1, 0.15) is 11.6 Å². The number of aromatic nitrogens is 1. The van der Waals surface area contributed by atoms with Gasteiger partial charge in [-0.15, -0.1) is 0 Å². The highest BCUT2D eigenvalue weighted by molar-refractivity contribution is 14.1. The minimum Gasteiger partial charge on any atom is -0.311 e. The van der Waals surface area contributed by atoms with Crippen LogP contribution in [0, 0.1) is 3.57 Å². The van der Waals surface area contributed by atoms with Crippen LogP contribution in [-0.4, -0.2) is 25.4 Å². The monoisotopic (exact) mass is 359 g/mol. The first-order valence-electron chi connectivity index (χ1n) is 4.61. The minimum absolute atomic E-state index is 0.123. The third-order valence-corrected chi connectivity index (χ3v) is 4.37. The Bertz CT molecular complexity index is 538. The van der Waals surface area contributed by atoms with Gasteiger partial charge >= 0.3 is 0 Å². The second kappa shape index (κ2) is 5.26. The van der Waals surface area contributed by atoms with E-state index >= 15 is 0 Å². The summed E-state index contributed by atoms with van der Waals surface area (Å²) in [4.78, 5) is 11.5. The molecule has 0 saturated heterocycles. The molecule has 1 aromatic heterocycles. The Morgan fingerprint density at radius 2 is 2.12 bits per heavy atom. The minimum atomic E-state index is -3.55. The van der Waals surface area contributed by atoms with Crippen molar-refractivity contribution in [2.24, 2.45) is 0 Å². The fourth-order valence-electron chi connectivity index (χ4n) is 1.21. The van der Waals surface area contributed by atoms with E-state index < -0.39 is 22.1 Å². The van der Waals surface area contributed by atoms with Crippen LogP contribution in [0.15, 0.2) is 22.0 Å². The summed E-state index contributed by atoms with van der Waals surface area (Å²) in [6.07, 6.45) is 1.44. The van der Waals surface area contributed by atoms with E-state index in [0.717, 1.165) is 4.57 Å². The van der Waals surface area contributed by atoms with E-state index in [4.69, 9.17) is 0 Å². The second-order valence-corrected chi connectivity index (χ2v) is 6.61. The SMILES string of the molecule is CCS(=O)(=O)c1cc(I)cn(CCF)c1=O. The summed E-state index contributed by atoms with van der Waals surface area (Å²) < 4.78 is 37.1. The van der Waals surface area contributed by atoms with Gasteiger partial charge in [-0.1, -0.05) is 6.92 Å². The van der Waals surface area contributed by atoms with E-state index in [1.54, 1.807) is 0 Å². The molecule has 0 aliphatic carbocycles. The third kappa shape index (κ3) is 2.82. The summed E-state index contributed by atoms with van der Waals surface area (Å²) >= 11 is 1.90. The largest absolute Gasteiger partial charge is 0.311 e. The molecule has 1 rings (SSSR count). The molecule has 0 aliphatic heterocycles. The molecule has 0 fully saturated rings. The van der Waals surface area contributed by atoms with E-state index in [-0.39, 0.29) is 17.2 Å². The molecule has 16 heavy (non-hydrogen) atoms. The molecule has 0 N–H and O–H groups in total. The fraction of sp³-hybridized carbons (Fsp3) is 0.444. The number of nitrogens with zero attached hydrogens (tertiary/aromatic N) is 1. The summed E-state index contributed by atoms with van der Waals surface area (Å²) in [5, 5.41) is 0. The molecule has 0 unspecified atom stereocenters. The first-order valence-corrected chi connectivity index (χ1v) is 7.34. The van der Waals surface area contributed by atoms with Gasteiger partial charge in [-0.3, -0.25) is 4.79 Å². The van der Waals surface area contributed by atoms with Crippen LogP contribution in [0.1, 0.15) is 6.92 Å². The van der Waals surface area contributed by atoms with Crippen LogP contribution < -0.4 is 5.56 Å². The summed E-state index contributed by atoms with van der Waals surface area (Å²) in [6, 6.07) is 1.32. The highest BCUT2D eigenvalue weighted by Crippen LogP contribution is 2.10. The number of sulfone groups is 1. The van der Waals surface area contributed by atoms with Crippen molar-refractivity contribution >= 4 is 32.4 Å². The quantitative estimate of drug-likeness (QED) is 0.760. The Hall–Kier alpha value is -0.440. The van der Waals surface area contributed by atoms with Gasteiger partial charge in [-0.05, 0) is 28.7 Å². The molecule has 0 aromatic carbocycles. The van der Waals surface area contributed by atoms with Crippen molar-refractivity contribution in [2.75, 3.05) is 12.4 Å². The number of halogens is 2. The lowest BCUT2D eigenvalue weighted by atomic mass is 10.4. The lowest BCUT2D eigenvalue weighted by Gasteiger charge is -2.07. The van der Waals surface area contributed by atoms with Crippen LogP contribution in [0.5, 0.6) is 0 Å². The Labute approximate surface area is 107 Å². The van der Waals surface area contributed by atoms with E-state index in [2.05, 4.69) is 0 Å². The lowest BCUT2D eigenvalue weighted by Crippen LogP contribution is -2.27. The average molecular weight is 359 g/mol. The predicted octanol–water partition coefficient (Wildman–Crippen LogP) is 1.22. The van der Waals surface area contributed by atoms with Crippen molar-refractivity contribution in [2.45, 2.75) is 18.4 Å². The maximum atomic E-state index is 12.2. The van der Waals surface area contributed by atoms with E-state index in [9.17, 15) is 17.6 Å². The van der Waals surface area contributed by atoms with Gasteiger partial charge in [0, 0.05) is 9.77 Å². The highest BCUT2D eigenvalue weighted by Gasteiger charge is 2.18. The first-order chi connectivity index (χ1) is 7.42. The Morgan fingerprint density at radius 3 is 2.62 bits per heavy atom. The van der Waals surface area contributed by atoms with E-state index in [1.807, 2.05) is 22.6 Å². The van der Waals surface area contributed by atoms with Gasteiger partial charge in [-0.25, -0.2) is 12.8 Å². The molecule has 0 amide bonds. The molecule has 0 radical (unpaired) electrons. The molecular formula is C9H11FINO3S. The lowest BCUT2D eigenvalue weighted by molar-refractivity contribution is 0.437. The van der Waals surface area contributed by atoms with Gasteiger partial charge in [0.05, 0.1) is 12.3 Å². The molecule has 0 bridgehead atoms. The van der Waals surface area contributed by atoms with Crippen molar-refractivity contribution in [1.29, 1.82) is 0 Å². The highest BCUT2D eigenvalue weighted by atomic mass is 127. The van der Waals surface area contributed by atoms with Gasteiger partial charge in [-0.2, -0.15) is 0 Å². The first kappa shape index (κ1) is 13.6. The average Bonchev–Trinajstić information content (AvgIpc) is 2.23. The summed E-state index contributed by atoms with van der Waals surface area (Å²) in [5.41, 5.74) is -0.653. The Kier molecular flexibility index (Phi) is 4.48. The molecule has 0 aliphatic rings. The second-order valence-electron chi connectivity index (χ2n) is 3.11. The number of rotatable bonds is 4. The molecule has 0 spiro atoms. The number of alkyl halides is 1. The van der Waals surface area contributed by atoms with Crippen LogP contribution in [0.25, 0.3) is 0 Å². The van der Waals surface area contributed by atoms with Crippen LogP contribution in [0.2, 0.25) is 0 Å². The number of aryl methyl sites for hydroxylation is 1. The van der Waals surface area contributed by atoms with Gasteiger partial charge in [0.2, 0.25) is 0 Å². The van der Waals surface area contributed by atoms with Gasteiger partial charge in [0.25, 0.3) is 5.56 Å². The zero-order valence-electron chi connectivity index (χ0n) is 8.61. The van der Waals surface area contributed by atoms with Crippen LogP contribution in [0.3, 0.4) is 0 Å². The van der Waals surface area contributed by atoms with E-state index in [0.29, 0.717) is 3.57 Å². The van der Waals surface area contributed by atoms with Crippen LogP contribution >= 0.6 is 22.6 Å². The Morgan fingerprint density at radius 1 is 1.50 bits per heavy atom. The predicted molar refractivity (Wildman–Crippen MR) is 67.1 cm³/mol. The summed E-state index contributed by atoms with van der Waals surface area (Å²) in [7, 11) is -3.55. The molecule has 4 nitrogen and oxygen atoms in total. The maximum absolute atomic E-state index is 12.2. The molecule has 90 valence electrons. The maximum Gasteiger partial charge on any atom is 0.269 e. The smallest absolute Gasteiger partial charge is 0.269 e. The van der Waals surface area contributed by atoms with Gasteiger partial charge in [0.15, 0.2) is 9.84 Å². The van der Waals surface area contributed by atoms with Gasteiger partial charge < -0.3 is 4.57 Å². The van der Waals surface area contributed by atoms with Crippen LogP contribution in [0.4, 0.5) is 4.39 Å². The van der Waals surface area contributed by atoms with Crippen molar-refractivity contribution in [1.82, 2.24) is 4.57 Å². The number of hydrogen-bond donors (Lipinski definition) is 0.